The molecule has 0 aliphatic rings. The van der Waals surface area contributed by atoms with Gasteiger partial charge in [0.1, 0.15) is 5.76 Å². The summed E-state index contributed by atoms with van der Waals surface area (Å²) in [5, 5.41) is 0. The lowest BCUT2D eigenvalue weighted by Crippen LogP contribution is -1.85. The van der Waals surface area contributed by atoms with Crippen LogP contribution in [0.3, 0.4) is 0 Å². The molecule has 0 bridgehead atoms. The maximum absolute atomic E-state index is 5.24. The molecule has 0 aliphatic carbocycles. The zero-order valence-electron chi connectivity index (χ0n) is 7.58. The van der Waals surface area contributed by atoms with Gasteiger partial charge in [0, 0.05) is 5.56 Å². The lowest BCUT2D eigenvalue weighted by atomic mass is 10.2. The molecule has 0 N–H and O–H groups in total. The lowest BCUT2D eigenvalue weighted by molar-refractivity contribution is 0.369. The molecule has 0 spiro atoms. The second-order valence-electron chi connectivity index (χ2n) is 2.55. The molecule has 1 heteroatoms. The van der Waals surface area contributed by atoms with Crippen molar-refractivity contribution in [1.29, 1.82) is 0 Å². The summed E-state index contributed by atoms with van der Waals surface area (Å²) in [7, 11) is 1.70. The fraction of sp³-hybridized carbons (Fsp3) is 0.273. The summed E-state index contributed by atoms with van der Waals surface area (Å²) in [6.45, 7) is 2.10. The first-order valence-electron chi connectivity index (χ1n) is 4.18. The quantitative estimate of drug-likeness (QED) is 0.620. The molecule has 1 aromatic carbocycles. The normalized spacial score (nSPS) is 11.3. The van der Waals surface area contributed by atoms with E-state index in [0.29, 0.717) is 0 Å². The number of benzene rings is 1. The van der Waals surface area contributed by atoms with E-state index in [0.717, 1.165) is 17.7 Å². The SMILES string of the molecule is CC/C=C(/OC)c1ccccc1. The van der Waals surface area contributed by atoms with Gasteiger partial charge in [0.2, 0.25) is 0 Å². The maximum Gasteiger partial charge on any atom is 0.122 e. The van der Waals surface area contributed by atoms with Crippen LogP contribution in [-0.4, -0.2) is 7.11 Å². The van der Waals surface area contributed by atoms with Crippen molar-refractivity contribution in [2.75, 3.05) is 7.11 Å². The maximum atomic E-state index is 5.24. The van der Waals surface area contributed by atoms with Crippen molar-refractivity contribution in [2.45, 2.75) is 13.3 Å². The van der Waals surface area contributed by atoms with Crippen molar-refractivity contribution in [3.05, 3.63) is 42.0 Å². The molecule has 0 aliphatic heterocycles. The Hall–Kier alpha value is -1.24. The van der Waals surface area contributed by atoms with Crippen molar-refractivity contribution in [2.24, 2.45) is 0 Å². The molecule has 0 unspecified atom stereocenters. The van der Waals surface area contributed by atoms with Crippen LogP contribution in [0.25, 0.3) is 5.76 Å². The van der Waals surface area contributed by atoms with Gasteiger partial charge in [-0.1, -0.05) is 37.3 Å². The molecule has 1 rings (SSSR count). The molecule has 1 nitrogen and oxygen atoms in total. The highest BCUT2D eigenvalue weighted by molar-refractivity contribution is 5.59. The Labute approximate surface area is 73.7 Å². The van der Waals surface area contributed by atoms with E-state index < -0.39 is 0 Å². The van der Waals surface area contributed by atoms with Crippen molar-refractivity contribution >= 4 is 5.76 Å². The molecule has 0 amide bonds. The Balaban J connectivity index is 2.88. The van der Waals surface area contributed by atoms with Crippen LogP contribution in [0.1, 0.15) is 18.9 Å². The largest absolute Gasteiger partial charge is 0.496 e. The number of rotatable bonds is 3. The third-order valence-corrected chi connectivity index (χ3v) is 1.67. The highest BCUT2D eigenvalue weighted by Gasteiger charge is 1.96. The van der Waals surface area contributed by atoms with Gasteiger partial charge in [-0.25, -0.2) is 0 Å². The summed E-state index contributed by atoms with van der Waals surface area (Å²) < 4.78 is 5.24. The minimum absolute atomic E-state index is 0.957. The number of allylic oxidation sites excluding steroid dienone is 1. The molecule has 0 radical (unpaired) electrons. The van der Waals surface area contributed by atoms with Gasteiger partial charge < -0.3 is 4.74 Å². The summed E-state index contributed by atoms with van der Waals surface area (Å²) in [5.41, 5.74) is 1.14. The Morgan fingerprint density at radius 2 is 2.00 bits per heavy atom. The van der Waals surface area contributed by atoms with Crippen LogP contribution in [0.5, 0.6) is 0 Å². The van der Waals surface area contributed by atoms with Gasteiger partial charge in [0.25, 0.3) is 0 Å². The van der Waals surface area contributed by atoms with Crippen LogP contribution in [0.2, 0.25) is 0 Å². The van der Waals surface area contributed by atoms with E-state index in [-0.39, 0.29) is 0 Å². The Morgan fingerprint density at radius 3 is 2.50 bits per heavy atom. The van der Waals surface area contributed by atoms with Gasteiger partial charge in [-0.15, -0.1) is 0 Å². The first-order valence-corrected chi connectivity index (χ1v) is 4.18. The van der Waals surface area contributed by atoms with E-state index in [1.54, 1.807) is 7.11 Å². The zero-order valence-corrected chi connectivity index (χ0v) is 7.58. The Bertz CT molecular complexity index is 249. The summed E-state index contributed by atoms with van der Waals surface area (Å²) in [6.07, 6.45) is 3.08. The molecule has 1 aromatic rings. The van der Waals surface area contributed by atoms with Gasteiger partial charge in [0.05, 0.1) is 7.11 Å². The molecule has 0 saturated heterocycles. The third-order valence-electron chi connectivity index (χ3n) is 1.67. The van der Waals surface area contributed by atoms with Crippen LogP contribution in [-0.2, 0) is 4.74 Å². The van der Waals surface area contributed by atoms with Gasteiger partial charge in [-0.2, -0.15) is 0 Å². The van der Waals surface area contributed by atoms with Crippen molar-refractivity contribution < 1.29 is 4.74 Å². The van der Waals surface area contributed by atoms with Crippen molar-refractivity contribution in [3.63, 3.8) is 0 Å². The number of methoxy groups -OCH3 is 1. The summed E-state index contributed by atoms with van der Waals surface area (Å²) in [5.74, 6) is 0.957. The van der Waals surface area contributed by atoms with E-state index in [1.807, 2.05) is 30.3 Å². The van der Waals surface area contributed by atoms with Crippen LogP contribution in [0, 0.1) is 0 Å². The smallest absolute Gasteiger partial charge is 0.122 e. The minimum atomic E-state index is 0.957. The van der Waals surface area contributed by atoms with E-state index in [1.165, 1.54) is 0 Å². The fourth-order valence-corrected chi connectivity index (χ4v) is 1.11. The molecule has 0 fully saturated rings. The topological polar surface area (TPSA) is 9.23 Å². The van der Waals surface area contributed by atoms with Crippen molar-refractivity contribution in [1.82, 2.24) is 0 Å². The van der Waals surface area contributed by atoms with Crippen molar-refractivity contribution in [3.8, 4) is 0 Å². The monoisotopic (exact) mass is 162 g/mol. The number of ether oxygens (including phenoxy) is 1. The van der Waals surface area contributed by atoms with Gasteiger partial charge in [0.15, 0.2) is 0 Å². The van der Waals surface area contributed by atoms with Gasteiger partial charge in [-0.3, -0.25) is 0 Å². The van der Waals surface area contributed by atoms with Crippen LogP contribution in [0.4, 0.5) is 0 Å². The molecule has 0 saturated carbocycles. The summed E-state index contributed by atoms with van der Waals surface area (Å²) in [6, 6.07) is 10.1. The molecular formula is C11H14O. The molecular weight excluding hydrogens is 148 g/mol. The first kappa shape index (κ1) is 8.85. The average Bonchev–Trinajstić information content (AvgIpc) is 2.15. The van der Waals surface area contributed by atoms with E-state index >= 15 is 0 Å². The van der Waals surface area contributed by atoms with E-state index in [4.69, 9.17) is 4.74 Å². The molecule has 0 heterocycles. The summed E-state index contributed by atoms with van der Waals surface area (Å²) in [4.78, 5) is 0. The van der Waals surface area contributed by atoms with Gasteiger partial charge in [-0.05, 0) is 12.5 Å². The average molecular weight is 162 g/mol. The Kier molecular flexibility index (Phi) is 3.39. The number of hydrogen-bond acceptors (Lipinski definition) is 1. The second-order valence-corrected chi connectivity index (χ2v) is 2.55. The summed E-state index contributed by atoms with van der Waals surface area (Å²) >= 11 is 0. The zero-order chi connectivity index (χ0) is 8.81. The highest BCUT2D eigenvalue weighted by Crippen LogP contribution is 2.14. The van der Waals surface area contributed by atoms with E-state index in [2.05, 4.69) is 13.0 Å². The predicted octanol–water partition coefficient (Wildman–Crippen LogP) is 3.08. The molecule has 64 valence electrons. The number of hydrogen-bond donors (Lipinski definition) is 0. The second kappa shape index (κ2) is 4.60. The highest BCUT2D eigenvalue weighted by atomic mass is 16.5. The lowest BCUT2D eigenvalue weighted by Gasteiger charge is -2.04. The standard InChI is InChI=1S/C11H14O/c1-3-7-11(12-2)10-8-5-4-6-9-10/h4-9H,3H2,1-2H3/b11-7+. The van der Waals surface area contributed by atoms with Crippen LogP contribution in [0.15, 0.2) is 36.4 Å². The van der Waals surface area contributed by atoms with Crippen LogP contribution < -0.4 is 0 Å². The molecule has 0 aromatic heterocycles. The van der Waals surface area contributed by atoms with E-state index in [9.17, 15) is 0 Å². The predicted molar refractivity (Wildman–Crippen MR) is 51.7 cm³/mol. The molecule has 0 atom stereocenters. The Morgan fingerprint density at radius 1 is 1.33 bits per heavy atom. The minimum Gasteiger partial charge on any atom is -0.496 e. The third kappa shape index (κ3) is 2.12. The first-order chi connectivity index (χ1) is 5.88. The van der Waals surface area contributed by atoms with Gasteiger partial charge >= 0.3 is 0 Å². The molecule has 12 heavy (non-hydrogen) atoms. The fourth-order valence-electron chi connectivity index (χ4n) is 1.11. The van der Waals surface area contributed by atoms with Crippen LogP contribution >= 0.6 is 0 Å².